The summed E-state index contributed by atoms with van der Waals surface area (Å²) < 4.78 is 15.1. The van der Waals surface area contributed by atoms with Crippen molar-refractivity contribution in [2.75, 3.05) is 0 Å². The minimum Gasteiger partial charge on any atom is -0.320 e. The van der Waals surface area contributed by atoms with E-state index in [9.17, 15) is 4.39 Å². The molecule has 0 radical (unpaired) electrons. The molecule has 0 saturated carbocycles. The van der Waals surface area contributed by atoms with Crippen molar-refractivity contribution >= 4 is 33.0 Å². The van der Waals surface area contributed by atoms with E-state index in [0.29, 0.717) is 10.6 Å². The summed E-state index contributed by atoms with van der Waals surface area (Å²) in [4.78, 5) is 0. The van der Waals surface area contributed by atoms with Gasteiger partial charge in [0.2, 0.25) is 0 Å². The molecular weight excluding hydrogens is 281 g/mol. The number of nitrogens with two attached hydrogens (primary N) is 1. The van der Waals surface area contributed by atoms with Gasteiger partial charge in [0.25, 0.3) is 0 Å². The highest BCUT2D eigenvalue weighted by Crippen LogP contribution is 2.32. The highest BCUT2D eigenvalue weighted by atomic mass is 35.5. The van der Waals surface area contributed by atoms with E-state index in [-0.39, 0.29) is 5.82 Å². The first-order valence-electron chi connectivity index (χ1n) is 5.83. The highest BCUT2D eigenvalue weighted by molar-refractivity contribution is 7.17. The molecule has 0 saturated heterocycles. The van der Waals surface area contributed by atoms with Gasteiger partial charge in [-0.15, -0.1) is 11.3 Å². The molecule has 1 heterocycles. The van der Waals surface area contributed by atoms with Crippen LogP contribution in [-0.4, -0.2) is 0 Å². The van der Waals surface area contributed by atoms with E-state index in [1.54, 1.807) is 23.5 Å². The predicted octanol–water partition coefficient (Wildman–Crippen LogP) is 4.74. The third kappa shape index (κ3) is 2.25. The van der Waals surface area contributed by atoms with Crippen molar-refractivity contribution in [2.45, 2.75) is 6.04 Å². The zero-order valence-corrected chi connectivity index (χ0v) is 11.5. The summed E-state index contributed by atoms with van der Waals surface area (Å²) in [6.07, 6.45) is 0. The number of fused-ring (bicyclic) bond motifs is 1. The Balaban J connectivity index is 2.13. The lowest BCUT2D eigenvalue weighted by Crippen LogP contribution is -2.13. The first-order valence-corrected chi connectivity index (χ1v) is 7.09. The fourth-order valence-electron chi connectivity index (χ4n) is 2.18. The Labute approximate surface area is 119 Å². The molecule has 2 N–H and O–H groups in total. The van der Waals surface area contributed by atoms with Crippen LogP contribution < -0.4 is 5.73 Å². The van der Waals surface area contributed by atoms with Crippen molar-refractivity contribution in [1.29, 1.82) is 0 Å². The Morgan fingerprint density at radius 3 is 2.74 bits per heavy atom. The molecule has 19 heavy (non-hydrogen) atoms. The smallest absolute Gasteiger partial charge is 0.129 e. The van der Waals surface area contributed by atoms with Crippen LogP contribution in [0.1, 0.15) is 17.2 Å². The van der Waals surface area contributed by atoms with Crippen LogP contribution in [0.3, 0.4) is 0 Å². The summed E-state index contributed by atoms with van der Waals surface area (Å²) in [6.45, 7) is 0. The van der Waals surface area contributed by atoms with Gasteiger partial charge < -0.3 is 5.73 Å². The first kappa shape index (κ1) is 12.6. The molecule has 96 valence electrons. The second-order valence-corrected chi connectivity index (χ2v) is 5.68. The Hall–Kier alpha value is -1.42. The van der Waals surface area contributed by atoms with Crippen LogP contribution in [0, 0.1) is 5.82 Å². The molecule has 0 amide bonds. The monoisotopic (exact) mass is 291 g/mol. The first-order chi connectivity index (χ1) is 9.16. The Morgan fingerprint density at radius 2 is 1.95 bits per heavy atom. The van der Waals surface area contributed by atoms with E-state index in [4.69, 9.17) is 17.3 Å². The number of rotatable bonds is 2. The van der Waals surface area contributed by atoms with E-state index in [1.807, 2.05) is 29.6 Å². The Bertz CT molecular complexity index is 738. The minimum absolute atomic E-state index is 0.367. The van der Waals surface area contributed by atoms with Crippen LogP contribution in [0.15, 0.2) is 47.8 Å². The normalized spacial score (nSPS) is 12.8. The molecule has 0 aliphatic rings. The summed E-state index contributed by atoms with van der Waals surface area (Å²) in [5, 5.41) is 3.52. The third-order valence-corrected chi connectivity index (χ3v) is 4.36. The fraction of sp³-hybridized carbons (Fsp3) is 0.0667. The molecular formula is C15H11ClFNS. The molecule has 1 aromatic heterocycles. The molecule has 0 aliphatic heterocycles. The van der Waals surface area contributed by atoms with E-state index < -0.39 is 6.04 Å². The maximum absolute atomic E-state index is 14.0. The van der Waals surface area contributed by atoms with Gasteiger partial charge in [0, 0.05) is 15.3 Å². The van der Waals surface area contributed by atoms with Crippen LogP contribution in [-0.2, 0) is 0 Å². The van der Waals surface area contributed by atoms with Crippen molar-refractivity contribution in [3.63, 3.8) is 0 Å². The lowest BCUT2D eigenvalue weighted by molar-refractivity contribution is 0.600. The highest BCUT2D eigenvalue weighted by Gasteiger charge is 2.16. The van der Waals surface area contributed by atoms with E-state index in [1.165, 1.54) is 6.07 Å². The number of thiophene rings is 1. The molecule has 3 rings (SSSR count). The summed E-state index contributed by atoms with van der Waals surface area (Å²) >= 11 is 7.38. The second-order valence-electron chi connectivity index (χ2n) is 4.33. The van der Waals surface area contributed by atoms with Crippen LogP contribution in [0.4, 0.5) is 4.39 Å². The average Bonchev–Trinajstić information content (AvgIpc) is 2.86. The molecule has 1 nitrogen and oxygen atoms in total. The van der Waals surface area contributed by atoms with E-state index in [0.717, 1.165) is 15.6 Å². The van der Waals surface area contributed by atoms with Gasteiger partial charge in [-0.05, 0) is 34.5 Å². The van der Waals surface area contributed by atoms with Crippen molar-refractivity contribution in [1.82, 2.24) is 0 Å². The number of benzene rings is 2. The number of halogens is 2. The molecule has 0 fully saturated rings. The standard InChI is InChI=1S/C15H11ClFNS/c16-10-4-5-11(13(17)8-10)14(18)12-3-1-2-9-6-7-19-15(9)12/h1-8,14H,18H2. The maximum atomic E-state index is 14.0. The van der Waals surface area contributed by atoms with Gasteiger partial charge in [0.15, 0.2) is 0 Å². The maximum Gasteiger partial charge on any atom is 0.129 e. The fourth-order valence-corrected chi connectivity index (χ4v) is 3.30. The van der Waals surface area contributed by atoms with E-state index >= 15 is 0 Å². The SMILES string of the molecule is NC(c1ccc(Cl)cc1F)c1cccc2ccsc12. The van der Waals surface area contributed by atoms with Crippen LogP contribution in [0.5, 0.6) is 0 Å². The number of hydrogen-bond donors (Lipinski definition) is 1. The van der Waals surface area contributed by atoms with Crippen molar-refractivity contribution in [3.05, 3.63) is 69.8 Å². The summed E-state index contributed by atoms with van der Waals surface area (Å²) in [5.41, 5.74) is 7.62. The van der Waals surface area contributed by atoms with Gasteiger partial charge in [0.1, 0.15) is 5.82 Å². The third-order valence-electron chi connectivity index (χ3n) is 3.14. The van der Waals surface area contributed by atoms with Gasteiger partial charge in [-0.3, -0.25) is 0 Å². The van der Waals surface area contributed by atoms with Gasteiger partial charge >= 0.3 is 0 Å². The molecule has 0 bridgehead atoms. The molecule has 2 aromatic carbocycles. The Kier molecular flexibility index (Phi) is 3.27. The zero-order chi connectivity index (χ0) is 13.4. The zero-order valence-electron chi connectivity index (χ0n) is 9.94. The Morgan fingerprint density at radius 1 is 1.11 bits per heavy atom. The summed E-state index contributed by atoms with van der Waals surface area (Å²) in [5.74, 6) is -0.367. The second kappa shape index (κ2) is 4.93. The van der Waals surface area contributed by atoms with Gasteiger partial charge in [0.05, 0.1) is 6.04 Å². The molecule has 1 atom stereocenters. The molecule has 0 spiro atoms. The largest absolute Gasteiger partial charge is 0.320 e. The lowest BCUT2D eigenvalue weighted by atomic mass is 9.98. The van der Waals surface area contributed by atoms with Crippen molar-refractivity contribution in [3.8, 4) is 0 Å². The molecule has 0 aliphatic carbocycles. The average molecular weight is 292 g/mol. The van der Waals surface area contributed by atoms with Crippen molar-refractivity contribution < 1.29 is 4.39 Å². The van der Waals surface area contributed by atoms with Crippen LogP contribution >= 0.6 is 22.9 Å². The quantitative estimate of drug-likeness (QED) is 0.725. The van der Waals surface area contributed by atoms with Crippen molar-refractivity contribution in [2.24, 2.45) is 5.73 Å². The molecule has 1 unspecified atom stereocenters. The topological polar surface area (TPSA) is 26.0 Å². The van der Waals surface area contributed by atoms with Gasteiger partial charge in [-0.1, -0.05) is 35.9 Å². The van der Waals surface area contributed by atoms with Crippen LogP contribution in [0.25, 0.3) is 10.1 Å². The molecule has 3 aromatic rings. The van der Waals surface area contributed by atoms with Gasteiger partial charge in [-0.2, -0.15) is 0 Å². The lowest BCUT2D eigenvalue weighted by Gasteiger charge is -2.14. The minimum atomic E-state index is -0.486. The summed E-state index contributed by atoms with van der Waals surface area (Å²) in [6, 6.07) is 12.1. The van der Waals surface area contributed by atoms with Crippen LogP contribution in [0.2, 0.25) is 5.02 Å². The molecule has 4 heteroatoms. The van der Waals surface area contributed by atoms with Gasteiger partial charge in [-0.25, -0.2) is 4.39 Å². The number of hydrogen-bond acceptors (Lipinski definition) is 2. The summed E-state index contributed by atoms with van der Waals surface area (Å²) in [7, 11) is 0. The van der Waals surface area contributed by atoms with E-state index in [2.05, 4.69) is 0 Å². The predicted molar refractivity (Wildman–Crippen MR) is 79.3 cm³/mol.